The van der Waals surface area contributed by atoms with Gasteiger partial charge in [-0.3, -0.25) is 0 Å². The first-order valence-corrected chi connectivity index (χ1v) is 4.27. The van der Waals surface area contributed by atoms with E-state index in [0.717, 1.165) is 12.0 Å². The smallest absolute Gasteiger partial charge is 0.207 e. The van der Waals surface area contributed by atoms with Crippen LogP contribution in [0.25, 0.3) is 0 Å². The molecule has 0 bridgehead atoms. The number of rotatable bonds is 0. The molecule has 0 spiro atoms. The predicted molar refractivity (Wildman–Crippen MR) is 48.6 cm³/mol. The molecular formula is C9H7ClFNO. The van der Waals surface area contributed by atoms with Gasteiger partial charge in [0.1, 0.15) is 11.6 Å². The van der Waals surface area contributed by atoms with Crippen LogP contribution < -0.4 is 4.74 Å². The van der Waals surface area contributed by atoms with Gasteiger partial charge >= 0.3 is 0 Å². The summed E-state index contributed by atoms with van der Waals surface area (Å²) in [6.07, 6.45) is 1.35. The van der Waals surface area contributed by atoms with Crippen LogP contribution in [0.1, 0.15) is 12.0 Å². The Balaban J connectivity index is 2.37. The monoisotopic (exact) mass is 199 g/mol. The Hall–Kier alpha value is -1.09. The maximum atomic E-state index is 12.8. The molecular weight excluding hydrogens is 193 g/mol. The van der Waals surface area contributed by atoms with Gasteiger partial charge in [-0.2, -0.15) is 0 Å². The number of hydrogen-bond acceptors (Lipinski definition) is 2. The van der Waals surface area contributed by atoms with Gasteiger partial charge < -0.3 is 4.74 Å². The van der Waals surface area contributed by atoms with Crippen LogP contribution in [0.15, 0.2) is 22.7 Å². The SMILES string of the molecule is Fc1ccc2c(c1)CC/C(=N/Cl)O2. The van der Waals surface area contributed by atoms with Crippen LogP contribution in [0.5, 0.6) is 5.75 Å². The van der Waals surface area contributed by atoms with Crippen LogP contribution >= 0.6 is 11.8 Å². The summed E-state index contributed by atoms with van der Waals surface area (Å²) in [5.74, 6) is 0.890. The second-order valence-electron chi connectivity index (χ2n) is 2.83. The summed E-state index contributed by atoms with van der Waals surface area (Å²) < 4.78 is 21.5. The average molecular weight is 200 g/mol. The molecule has 0 radical (unpaired) electrons. The third-order valence-corrected chi connectivity index (χ3v) is 2.14. The fraction of sp³-hybridized carbons (Fsp3) is 0.222. The van der Waals surface area contributed by atoms with Crippen molar-refractivity contribution >= 4 is 17.7 Å². The van der Waals surface area contributed by atoms with Crippen LogP contribution in [0.3, 0.4) is 0 Å². The van der Waals surface area contributed by atoms with Crippen LogP contribution in [-0.2, 0) is 6.42 Å². The Morgan fingerprint density at radius 1 is 1.38 bits per heavy atom. The first-order chi connectivity index (χ1) is 6.29. The van der Waals surface area contributed by atoms with E-state index in [1.54, 1.807) is 6.07 Å². The van der Waals surface area contributed by atoms with Crippen molar-refractivity contribution in [2.75, 3.05) is 0 Å². The summed E-state index contributed by atoms with van der Waals surface area (Å²) in [5, 5.41) is 0. The number of fused-ring (bicyclic) bond motifs is 1. The zero-order chi connectivity index (χ0) is 9.26. The molecule has 0 saturated carbocycles. The van der Waals surface area contributed by atoms with Crippen LogP contribution in [0.2, 0.25) is 0 Å². The summed E-state index contributed by atoms with van der Waals surface area (Å²) in [7, 11) is 0. The molecule has 13 heavy (non-hydrogen) atoms. The Kier molecular flexibility index (Phi) is 2.19. The quantitative estimate of drug-likeness (QED) is 0.630. The highest BCUT2D eigenvalue weighted by Gasteiger charge is 2.15. The molecule has 0 fully saturated rings. The Bertz CT molecular complexity index is 365. The molecule has 1 aromatic carbocycles. The summed E-state index contributed by atoms with van der Waals surface area (Å²) in [4.78, 5) is 0. The predicted octanol–water partition coefficient (Wildman–Crippen LogP) is 2.70. The lowest BCUT2D eigenvalue weighted by Crippen LogP contribution is -2.15. The minimum Gasteiger partial charge on any atom is -0.442 e. The molecule has 2 nitrogen and oxygen atoms in total. The van der Waals surface area contributed by atoms with E-state index in [-0.39, 0.29) is 5.82 Å². The highest BCUT2D eigenvalue weighted by molar-refractivity contribution is 6.19. The molecule has 1 heterocycles. The fourth-order valence-electron chi connectivity index (χ4n) is 1.32. The van der Waals surface area contributed by atoms with Gasteiger partial charge in [-0.25, -0.2) is 4.39 Å². The molecule has 0 aliphatic carbocycles. The van der Waals surface area contributed by atoms with Crippen molar-refractivity contribution < 1.29 is 9.13 Å². The molecule has 4 heteroatoms. The third kappa shape index (κ3) is 1.65. The summed E-state index contributed by atoms with van der Waals surface area (Å²) in [6.45, 7) is 0. The van der Waals surface area contributed by atoms with E-state index in [9.17, 15) is 4.39 Å². The standard InChI is InChI=1S/C9H7ClFNO/c10-12-9-4-1-6-5-7(11)2-3-8(6)13-9/h2-3,5H,1,4H2/b12-9-. The minimum absolute atomic E-state index is 0.242. The average Bonchev–Trinajstić information content (AvgIpc) is 2.17. The largest absolute Gasteiger partial charge is 0.442 e. The molecule has 68 valence electrons. The van der Waals surface area contributed by atoms with E-state index in [1.165, 1.54) is 12.1 Å². The molecule has 2 rings (SSSR count). The minimum atomic E-state index is -0.242. The Morgan fingerprint density at radius 2 is 2.23 bits per heavy atom. The van der Waals surface area contributed by atoms with Crippen molar-refractivity contribution in [2.45, 2.75) is 12.8 Å². The molecule has 0 aromatic heterocycles. The zero-order valence-electron chi connectivity index (χ0n) is 6.76. The van der Waals surface area contributed by atoms with Gasteiger partial charge in [0.2, 0.25) is 5.90 Å². The Morgan fingerprint density at radius 3 is 3.00 bits per heavy atom. The van der Waals surface area contributed by atoms with Gasteiger partial charge in [0.25, 0.3) is 0 Å². The highest BCUT2D eigenvalue weighted by Crippen LogP contribution is 2.26. The van der Waals surface area contributed by atoms with Crippen molar-refractivity contribution in [3.8, 4) is 5.75 Å². The topological polar surface area (TPSA) is 21.6 Å². The first kappa shape index (κ1) is 8.51. The lowest BCUT2D eigenvalue weighted by molar-refractivity contribution is 0.501. The molecule has 0 N–H and O–H groups in total. The maximum Gasteiger partial charge on any atom is 0.207 e. The summed E-state index contributed by atoms with van der Waals surface area (Å²) in [6, 6.07) is 4.42. The molecule has 1 aliphatic rings. The van der Waals surface area contributed by atoms with Crippen molar-refractivity contribution in [2.24, 2.45) is 4.51 Å². The van der Waals surface area contributed by atoms with E-state index in [1.807, 2.05) is 0 Å². The van der Waals surface area contributed by atoms with Crippen LogP contribution in [0, 0.1) is 5.82 Å². The normalized spacial score (nSPS) is 18.2. The molecule has 0 atom stereocenters. The Labute approximate surface area is 80.1 Å². The summed E-state index contributed by atoms with van der Waals surface area (Å²) in [5.41, 5.74) is 0.865. The number of halogens is 2. The second-order valence-corrected chi connectivity index (χ2v) is 3.00. The number of hydrogen-bond donors (Lipinski definition) is 0. The molecule has 1 aliphatic heterocycles. The van der Waals surface area contributed by atoms with Gasteiger partial charge in [0.15, 0.2) is 0 Å². The molecule has 1 aromatic rings. The molecule has 0 unspecified atom stereocenters. The van der Waals surface area contributed by atoms with Crippen molar-refractivity contribution in [1.29, 1.82) is 0 Å². The fourth-order valence-corrected chi connectivity index (χ4v) is 1.44. The number of aryl methyl sites for hydroxylation is 1. The van der Waals surface area contributed by atoms with Gasteiger partial charge in [0, 0.05) is 18.2 Å². The lowest BCUT2D eigenvalue weighted by Gasteiger charge is -2.17. The molecule has 0 amide bonds. The van der Waals surface area contributed by atoms with E-state index < -0.39 is 0 Å². The van der Waals surface area contributed by atoms with Crippen molar-refractivity contribution in [1.82, 2.24) is 0 Å². The number of nitrogens with zero attached hydrogens (tertiary/aromatic N) is 1. The summed E-state index contributed by atoms with van der Waals surface area (Å²) >= 11 is 5.27. The van der Waals surface area contributed by atoms with E-state index in [2.05, 4.69) is 4.51 Å². The second kappa shape index (κ2) is 3.34. The van der Waals surface area contributed by atoms with Crippen molar-refractivity contribution in [3.63, 3.8) is 0 Å². The zero-order valence-corrected chi connectivity index (χ0v) is 7.51. The number of ether oxygens (including phenoxy) is 1. The first-order valence-electron chi connectivity index (χ1n) is 3.94. The van der Waals surface area contributed by atoms with E-state index in [4.69, 9.17) is 16.5 Å². The number of benzene rings is 1. The van der Waals surface area contributed by atoms with Crippen LogP contribution in [0.4, 0.5) is 4.39 Å². The van der Waals surface area contributed by atoms with Gasteiger partial charge in [-0.15, -0.1) is 4.51 Å². The maximum absolute atomic E-state index is 12.8. The van der Waals surface area contributed by atoms with Gasteiger partial charge in [-0.05, 0) is 30.2 Å². The van der Waals surface area contributed by atoms with E-state index in [0.29, 0.717) is 18.1 Å². The van der Waals surface area contributed by atoms with Gasteiger partial charge in [-0.1, -0.05) is 0 Å². The molecule has 0 saturated heterocycles. The van der Waals surface area contributed by atoms with Crippen molar-refractivity contribution in [3.05, 3.63) is 29.6 Å². The van der Waals surface area contributed by atoms with E-state index >= 15 is 0 Å². The third-order valence-electron chi connectivity index (χ3n) is 1.95. The van der Waals surface area contributed by atoms with Crippen LogP contribution in [-0.4, -0.2) is 5.90 Å². The lowest BCUT2D eigenvalue weighted by atomic mass is 10.1. The highest BCUT2D eigenvalue weighted by atomic mass is 35.5. The van der Waals surface area contributed by atoms with Gasteiger partial charge in [0.05, 0.1) is 0 Å².